The highest BCUT2D eigenvalue weighted by Gasteiger charge is 2.34. The number of hydrogen-bond acceptors (Lipinski definition) is 5. The van der Waals surface area contributed by atoms with Crippen LogP contribution in [-0.4, -0.2) is 56.4 Å². The van der Waals surface area contributed by atoms with Gasteiger partial charge < -0.3 is 5.32 Å². The van der Waals surface area contributed by atoms with Crippen LogP contribution in [0, 0.1) is 0 Å². The van der Waals surface area contributed by atoms with Crippen molar-refractivity contribution in [2.75, 3.05) is 25.4 Å². The Morgan fingerprint density at radius 3 is 2.24 bits per heavy atom. The molecule has 0 saturated heterocycles. The zero-order valence-electron chi connectivity index (χ0n) is 13.9. The van der Waals surface area contributed by atoms with Crippen molar-refractivity contribution in [3.05, 3.63) is 35.4 Å². The van der Waals surface area contributed by atoms with Gasteiger partial charge in [0.25, 0.3) is 11.8 Å². The zero-order valence-corrected chi connectivity index (χ0v) is 14.8. The quantitative estimate of drug-likeness (QED) is 0.475. The van der Waals surface area contributed by atoms with Gasteiger partial charge in [-0.15, -0.1) is 0 Å². The number of sulfonamides is 1. The number of hydrogen-bond donors (Lipinski definition) is 2. The standard InChI is InChI=1S/C16H21N3O5S/c1-2-25(23,24)18-10-9-17-14(20)8-5-11-19-15(21)12-6-3-4-7-13(12)16(19)22/h3-4,6-7,18H,2,5,8-11H2,1H3,(H,17,20). The first-order valence-corrected chi connectivity index (χ1v) is 9.70. The Bertz CT molecular complexity index is 741. The Hall–Kier alpha value is -2.26. The third-order valence-corrected chi connectivity index (χ3v) is 5.22. The van der Waals surface area contributed by atoms with Gasteiger partial charge in [-0.2, -0.15) is 0 Å². The lowest BCUT2D eigenvalue weighted by Crippen LogP contribution is -2.36. The first-order chi connectivity index (χ1) is 11.9. The lowest BCUT2D eigenvalue weighted by atomic mass is 10.1. The predicted octanol–water partition coefficient (Wildman–Crippen LogP) is 0.118. The van der Waals surface area contributed by atoms with E-state index in [4.69, 9.17) is 0 Å². The molecular formula is C16H21N3O5S. The van der Waals surface area contributed by atoms with Crippen molar-refractivity contribution in [2.24, 2.45) is 0 Å². The minimum absolute atomic E-state index is 0.0127. The largest absolute Gasteiger partial charge is 0.355 e. The molecule has 0 saturated carbocycles. The summed E-state index contributed by atoms with van der Waals surface area (Å²) in [6, 6.07) is 6.63. The highest BCUT2D eigenvalue weighted by atomic mass is 32.2. The summed E-state index contributed by atoms with van der Waals surface area (Å²) >= 11 is 0. The summed E-state index contributed by atoms with van der Waals surface area (Å²) in [5, 5.41) is 2.59. The van der Waals surface area contributed by atoms with Gasteiger partial charge in [-0.25, -0.2) is 13.1 Å². The van der Waals surface area contributed by atoms with E-state index in [0.29, 0.717) is 17.5 Å². The topological polar surface area (TPSA) is 113 Å². The van der Waals surface area contributed by atoms with E-state index in [2.05, 4.69) is 10.0 Å². The Morgan fingerprint density at radius 1 is 1.08 bits per heavy atom. The number of rotatable bonds is 9. The number of carbonyl (C=O) groups is 3. The molecule has 0 radical (unpaired) electrons. The molecule has 0 spiro atoms. The first kappa shape index (κ1) is 19.1. The van der Waals surface area contributed by atoms with Gasteiger partial charge in [0.2, 0.25) is 15.9 Å². The van der Waals surface area contributed by atoms with Crippen LogP contribution in [0.4, 0.5) is 0 Å². The van der Waals surface area contributed by atoms with Gasteiger partial charge in [0.05, 0.1) is 16.9 Å². The van der Waals surface area contributed by atoms with E-state index in [1.165, 1.54) is 6.92 Å². The summed E-state index contributed by atoms with van der Waals surface area (Å²) in [6.07, 6.45) is 0.492. The molecule has 1 aliphatic heterocycles. The summed E-state index contributed by atoms with van der Waals surface area (Å²) in [4.78, 5) is 37.2. The van der Waals surface area contributed by atoms with Crippen LogP contribution in [0.1, 0.15) is 40.5 Å². The SMILES string of the molecule is CCS(=O)(=O)NCCNC(=O)CCCN1C(=O)c2ccccc2C1=O. The van der Waals surface area contributed by atoms with E-state index in [-0.39, 0.29) is 49.5 Å². The summed E-state index contributed by atoms with van der Waals surface area (Å²) in [5.74, 6) is -0.946. The summed E-state index contributed by atoms with van der Waals surface area (Å²) in [5.41, 5.74) is 0.778. The van der Waals surface area contributed by atoms with Gasteiger partial charge >= 0.3 is 0 Å². The second kappa shape index (κ2) is 8.21. The molecule has 3 amide bonds. The summed E-state index contributed by atoms with van der Waals surface area (Å²) in [7, 11) is -3.27. The zero-order chi connectivity index (χ0) is 18.4. The van der Waals surface area contributed by atoms with E-state index < -0.39 is 10.0 Å². The molecule has 0 aliphatic carbocycles. The molecule has 1 aliphatic rings. The molecule has 136 valence electrons. The fraction of sp³-hybridized carbons (Fsp3) is 0.438. The van der Waals surface area contributed by atoms with Gasteiger partial charge in [0.15, 0.2) is 0 Å². The van der Waals surface area contributed by atoms with Crippen LogP contribution in [-0.2, 0) is 14.8 Å². The smallest absolute Gasteiger partial charge is 0.261 e. The third kappa shape index (κ3) is 4.86. The van der Waals surface area contributed by atoms with Gasteiger partial charge in [0.1, 0.15) is 0 Å². The van der Waals surface area contributed by atoms with Gasteiger partial charge in [-0.05, 0) is 25.5 Å². The molecule has 1 aromatic carbocycles. The number of nitrogens with one attached hydrogen (secondary N) is 2. The van der Waals surface area contributed by atoms with E-state index in [1.807, 2.05) is 0 Å². The molecule has 0 atom stereocenters. The van der Waals surface area contributed by atoms with Crippen LogP contribution in [0.2, 0.25) is 0 Å². The number of imide groups is 1. The number of fused-ring (bicyclic) bond motifs is 1. The fourth-order valence-corrected chi connectivity index (χ4v) is 3.06. The van der Waals surface area contributed by atoms with Gasteiger partial charge in [-0.1, -0.05) is 12.1 Å². The number of amides is 3. The predicted molar refractivity (Wildman–Crippen MR) is 91.5 cm³/mol. The van der Waals surface area contributed by atoms with Crippen molar-refractivity contribution >= 4 is 27.7 Å². The molecule has 1 heterocycles. The Kier molecular flexibility index (Phi) is 6.27. The molecule has 9 heteroatoms. The molecule has 0 fully saturated rings. The van der Waals surface area contributed by atoms with Crippen molar-refractivity contribution in [1.82, 2.24) is 14.9 Å². The molecule has 2 N–H and O–H groups in total. The molecule has 0 unspecified atom stereocenters. The average Bonchev–Trinajstić information content (AvgIpc) is 2.84. The minimum Gasteiger partial charge on any atom is -0.355 e. The Balaban J connectivity index is 1.70. The molecular weight excluding hydrogens is 346 g/mol. The monoisotopic (exact) mass is 367 g/mol. The van der Waals surface area contributed by atoms with Crippen molar-refractivity contribution in [3.63, 3.8) is 0 Å². The van der Waals surface area contributed by atoms with E-state index in [9.17, 15) is 22.8 Å². The highest BCUT2D eigenvalue weighted by molar-refractivity contribution is 7.89. The normalized spacial score (nSPS) is 13.9. The molecule has 8 nitrogen and oxygen atoms in total. The van der Waals surface area contributed by atoms with E-state index in [1.54, 1.807) is 24.3 Å². The highest BCUT2D eigenvalue weighted by Crippen LogP contribution is 2.22. The maximum atomic E-state index is 12.2. The number of benzene rings is 1. The van der Waals surface area contributed by atoms with E-state index >= 15 is 0 Å². The Labute approximate surface area is 146 Å². The lowest BCUT2D eigenvalue weighted by Gasteiger charge is -2.13. The second-order valence-electron chi connectivity index (χ2n) is 5.56. The van der Waals surface area contributed by atoms with Crippen LogP contribution in [0.3, 0.4) is 0 Å². The van der Waals surface area contributed by atoms with Crippen LogP contribution in [0.25, 0.3) is 0 Å². The van der Waals surface area contributed by atoms with Crippen molar-refractivity contribution in [2.45, 2.75) is 19.8 Å². The maximum Gasteiger partial charge on any atom is 0.261 e. The van der Waals surface area contributed by atoms with Crippen molar-refractivity contribution in [3.8, 4) is 0 Å². The van der Waals surface area contributed by atoms with Crippen molar-refractivity contribution < 1.29 is 22.8 Å². The maximum absolute atomic E-state index is 12.2. The molecule has 25 heavy (non-hydrogen) atoms. The van der Waals surface area contributed by atoms with Crippen LogP contribution in [0.5, 0.6) is 0 Å². The third-order valence-electron chi connectivity index (χ3n) is 3.81. The minimum atomic E-state index is -3.27. The molecule has 0 aromatic heterocycles. The van der Waals surface area contributed by atoms with Gasteiger partial charge in [0, 0.05) is 26.1 Å². The first-order valence-electron chi connectivity index (χ1n) is 8.05. The van der Waals surface area contributed by atoms with Gasteiger partial charge in [-0.3, -0.25) is 19.3 Å². The summed E-state index contributed by atoms with van der Waals surface area (Å²) < 4.78 is 24.8. The number of nitrogens with zero attached hydrogens (tertiary/aromatic N) is 1. The van der Waals surface area contributed by atoms with E-state index in [0.717, 1.165) is 4.90 Å². The number of carbonyl (C=O) groups excluding carboxylic acids is 3. The molecule has 0 bridgehead atoms. The van der Waals surface area contributed by atoms with Crippen LogP contribution < -0.4 is 10.0 Å². The molecule has 2 rings (SSSR count). The molecule has 1 aromatic rings. The summed E-state index contributed by atoms with van der Waals surface area (Å²) in [6.45, 7) is 2.01. The lowest BCUT2D eigenvalue weighted by molar-refractivity contribution is -0.121. The van der Waals surface area contributed by atoms with Crippen LogP contribution in [0.15, 0.2) is 24.3 Å². The van der Waals surface area contributed by atoms with Crippen LogP contribution >= 0.6 is 0 Å². The fourth-order valence-electron chi connectivity index (χ4n) is 2.44. The second-order valence-corrected chi connectivity index (χ2v) is 7.65. The van der Waals surface area contributed by atoms with Crippen molar-refractivity contribution in [1.29, 1.82) is 0 Å². The average molecular weight is 367 g/mol. The Morgan fingerprint density at radius 2 is 1.68 bits per heavy atom.